The van der Waals surface area contributed by atoms with E-state index in [0.717, 1.165) is 37.7 Å². The molecule has 0 saturated carbocycles. The lowest BCUT2D eigenvalue weighted by atomic mass is 9.78. The zero-order valence-corrected chi connectivity index (χ0v) is 17.0. The van der Waals surface area contributed by atoms with Crippen LogP contribution >= 0.6 is 0 Å². The van der Waals surface area contributed by atoms with Gasteiger partial charge in [-0.1, -0.05) is 54.6 Å². The second-order valence-electron chi connectivity index (χ2n) is 8.50. The van der Waals surface area contributed by atoms with Crippen LogP contribution in [0.15, 0.2) is 54.6 Å². The Labute approximate surface area is 172 Å². The molecule has 2 aromatic rings. The first-order valence-electron chi connectivity index (χ1n) is 10.5. The summed E-state index contributed by atoms with van der Waals surface area (Å²) in [6.07, 6.45) is 5.18. The van der Waals surface area contributed by atoms with Gasteiger partial charge in [0, 0.05) is 13.0 Å². The van der Waals surface area contributed by atoms with E-state index in [4.69, 9.17) is 0 Å². The van der Waals surface area contributed by atoms with Gasteiger partial charge in [-0.2, -0.15) is 0 Å². The van der Waals surface area contributed by atoms with Crippen molar-refractivity contribution >= 4 is 11.9 Å². The monoisotopic (exact) mass is 391 g/mol. The highest BCUT2D eigenvalue weighted by molar-refractivity contribution is 5.79. The van der Waals surface area contributed by atoms with Crippen molar-refractivity contribution in [1.82, 2.24) is 16.0 Å². The summed E-state index contributed by atoms with van der Waals surface area (Å²) in [7, 11) is 0. The molecule has 0 aromatic heterocycles. The molecule has 3 N–H and O–H groups in total. The molecule has 5 heteroatoms. The van der Waals surface area contributed by atoms with Gasteiger partial charge in [0.1, 0.15) is 0 Å². The maximum Gasteiger partial charge on any atom is 0.315 e. The van der Waals surface area contributed by atoms with Crippen molar-refractivity contribution in [3.8, 4) is 0 Å². The first-order chi connectivity index (χ1) is 14.0. The molecule has 2 atom stereocenters. The molecule has 2 aliphatic rings. The largest absolute Gasteiger partial charge is 0.345 e. The molecule has 29 heavy (non-hydrogen) atoms. The number of benzene rings is 2. The Balaban J connectivity index is 1.49. The molecular formula is C24H29N3O2. The Hall–Kier alpha value is -2.82. The van der Waals surface area contributed by atoms with Gasteiger partial charge in [-0.25, -0.2) is 4.79 Å². The summed E-state index contributed by atoms with van der Waals surface area (Å²) < 4.78 is 0. The van der Waals surface area contributed by atoms with E-state index in [1.165, 1.54) is 11.1 Å². The van der Waals surface area contributed by atoms with Crippen molar-refractivity contribution in [1.29, 1.82) is 0 Å². The van der Waals surface area contributed by atoms with Gasteiger partial charge >= 0.3 is 6.03 Å². The zero-order valence-electron chi connectivity index (χ0n) is 17.0. The highest BCUT2D eigenvalue weighted by Crippen LogP contribution is 2.35. The number of hydrogen-bond acceptors (Lipinski definition) is 2. The molecule has 0 bridgehead atoms. The van der Waals surface area contributed by atoms with Crippen molar-refractivity contribution < 1.29 is 9.59 Å². The van der Waals surface area contributed by atoms with Crippen molar-refractivity contribution in [2.75, 3.05) is 6.54 Å². The average Bonchev–Trinajstić information content (AvgIpc) is 2.73. The fraction of sp³-hybridized carbons (Fsp3) is 0.417. The number of carbonyl (C=O) groups excluding carboxylic acids is 2. The smallest absolute Gasteiger partial charge is 0.315 e. The predicted octanol–water partition coefficient (Wildman–Crippen LogP) is 3.73. The van der Waals surface area contributed by atoms with Crippen LogP contribution in [0.4, 0.5) is 4.79 Å². The Morgan fingerprint density at radius 3 is 2.52 bits per heavy atom. The van der Waals surface area contributed by atoms with Crippen LogP contribution in [0.1, 0.15) is 55.7 Å². The maximum atomic E-state index is 12.9. The van der Waals surface area contributed by atoms with E-state index >= 15 is 0 Å². The van der Waals surface area contributed by atoms with E-state index in [2.05, 4.69) is 41.1 Å². The minimum Gasteiger partial charge on any atom is -0.345 e. The summed E-state index contributed by atoms with van der Waals surface area (Å²) >= 11 is 0. The lowest BCUT2D eigenvalue weighted by Gasteiger charge is -2.40. The number of nitrogens with one attached hydrogen (secondary N) is 3. The number of fused-ring (bicyclic) bond motifs is 1. The van der Waals surface area contributed by atoms with E-state index in [1.807, 2.05) is 36.4 Å². The molecule has 1 aliphatic carbocycles. The third-order valence-electron chi connectivity index (χ3n) is 6.39. The number of piperidine rings is 1. The Bertz CT molecular complexity index is 898. The molecule has 3 amide bonds. The van der Waals surface area contributed by atoms with Gasteiger partial charge in [-0.05, 0) is 55.7 Å². The van der Waals surface area contributed by atoms with Crippen LogP contribution in [-0.2, 0) is 22.3 Å². The van der Waals surface area contributed by atoms with Gasteiger partial charge in [0.05, 0.1) is 11.1 Å². The fourth-order valence-corrected chi connectivity index (χ4v) is 4.85. The van der Waals surface area contributed by atoms with Crippen LogP contribution in [0.5, 0.6) is 0 Å². The van der Waals surface area contributed by atoms with Crippen LogP contribution in [0.3, 0.4) is 0 Å². The summed E-state index contributed by atoms with van der Waals surface area (Å²) in [5.41, 5.74) is 2.60. The molecule has 1 aliphatic heterocycles. The van der Waals surface area contributed by atoms with Gasteiger partial charge in [0.2, 0.25) is 5.91 Å². The number of carbonyl (C=O) groups is 2. The zero-order chi connectivity index (χ0) is 20.3. The summed E-state index contributed by atoms with van der Waals surface area (Å²) in [5.74, 6) is 0.0375. The van der Waals surface area contributed by atoms with E-state index in [-0.39, 0.29) is 17.5 Å². The first-order valence-corrected chi connectivity index (χ1v) is 10.5. The van der Waals surface area contributed by atoms with Crippen molar-refractivity contribution in [3.63, 3.8) is 0 Å². The highest BCUT2D eigenvalue weighted by Gasteiger charge is 2.38. The lowest BCUT2D eigenvalue weighted by Crippen LogP contribution is -2.58. The van der Waals surface area contributed by atoms with E-state index in [0.29, 0.717) is 13.0 Å². The lowest BCUT2D eigenvalue weighted by molar-refractivity contribution is -0.125. The van der Waals surface area contributed by atoms with Crippen molar-refractivity contribution in [3.05, 3.63) is 71.3 Å². The SMILES string of the molecule is CC1(NC(=O)NCC2(c3ccccc3)CCCC(=O)N2)CCCc2ccccc21. The molecule has 2 aromatic carbocycles. The van der Waals surface area contributed by atoms with E-state index in [9.17, 15) is 9.59 Å². The topological polar surface area (TPSA) is 70.2 Å². The molecule has 1 heterocycles. The molecule has 5 nitrogen and oxygen atoms in total. The fourth-order valence-electron chi connectivity index (χ4n) is 4.85. The Morgan fingerprint density at radius 1 is 1.00 bits per heavy atom. The molecule has 0 spiro atoms. The van der Waals surface area contributed by atoms with Crippen LogP contribution in [0, 0.1) is 0 Å². The minimum atomic E-state index is -0.556. The maximum absolute atomic E-state index is 12.9. The average molecular weight is 392 g/mol. The molecule has 152 valence electrons. The number of urea groups is 1. The van der Waals surface area contributed by atoms with Crippen LogP contribution < -0.4 is 16.0 Å². The van der Waals surface area contributed by atoms with Crippen molar-refractivity contribution in [2.24, 2.45) is 0 Å². The van der Waals surface area contributed by atoms with Crippen LogP contribution in [0.25, 0.3) is 0 Å². The Kier molecular flexibility index (Phi) is 5.31. The van der Waals surface area contributed by atoms with E-state index < -0.39 is 5.54 Å². The predicted molar refractivity (Wildman–Crippen MR) is 113 cm³/mol. The second-order valence-corrected chi connectivity index (χ2v) is 8.50. The highest BCUT2D eigenvalue weighted by atomic mass is 16.2. The molecular weight excluding hydrogens is 362 g/mol. The second kappa shape index (κ2) is 7.90. The van der Waals surface area contributed by atoms with Crippen molar-refractivity contribution in [2.45, 2.75) is 56.5 Å². The Morgan fingerprint density at radius 2 is 1.72 bits per heavy atom. The molecule has 4 rings (SSSR count). The molecule has 1 fully saturated rings. The quantitative estimate of drug-likeness (QED) is 0.743. The number of aryl methyl sites for hydroxylation is 1. The van der Waals surface area contributed by atoms with Gasteiger partial charge in [0.15, 0.2) is 0 Å². The van der Waals surface area contributed by atoms with E-state index in [1.54, 1.807) is 0 Å². The number of amides is 3. The third-order valence-corrected chi connectivity index (χ3v) is 6.39. The number of hydrogen-bond donors (Lipinski definition) is 3. The van der Waals surface area contributed by atoms with Gasteiger partial charge in [-0.15, -0.1) is 0 Å². The minimum absolute atomic E-state index is 0.0375. The summed E-state index contributed by atoms with van der Waals surface area (Å²) in [4.78, 5) is 25.1. The number of rotatable bonds is 4. The molecule has 2 unspecified atom stereocenters. The standard InChI is InChI=1S/C24H29N3O2/c1-23(15-7-10-18-9-5-6-13-20(18)23)27-22(29)25-17-24(16-8-14-21(28)26-24)19-11-3-2-4-12-19/h2-6,9,11-13H,7-8,10,14-17H2,1H3,(H,26,28)(H2,25,27,29). The normalized spacial score (nSPS) is 26.2. The van der Waals surface area contributed by atoms with Gasteiger partial charge in [0.25, 0.3) is 0 Å². The van der Waals surface area contributed by atoms with Gasteiger partial charge < -0.3 is 16.0 Å². The summed E-state index contributed by atoms with van der Waals surface area (Å²) in [6.45, 7) is 2.46. The molecule has 1 saturated heterocycles. The van der Waals surface area contributed by atoms with Crippen LogP contribution in [-0.4, -0.2) is 18.5 Å². The molecule has 0 radical (unpaired) electrons. The third kappa shape index (κ3) is 4.00. The van der Waals surface area contributed by atoms with Gasteiger partial charge in [-0.3, -0.25) is 4.79 Å². The summed E-state index contributed by atoms with van der Waals surface area (Å²) in [6, 6.07) is 18.1. The van der Waals surface area contributed by atoms with Crippen LogP contribution in [0.2, 0.25) is 0 Å². The first kappa shape index (κ1) is 19.5. The summed E-state index contributed by atoms with van der Waals surface area (Å²) in [5, 5.41) is 9.41.